The van der Waals surface area contributed by atoms with E-state index in [1.165, 1.54) is 12.8 Å². The molecule has 20 heavy (non-hydrogen) atoms. The second kappa shape index (κ2) is 6.05. The summed E-state index contributed by atoms with van der Waals surface area (Å²) in [6.07, 6.45) is 2.76. The maximum atomic E-state index is 12.0. The molecule has 1 fully saturated rings. The highest BCUT2D eigenvalue weighted by Gasteiger charge is 2.15. The second-order valence-electron chi connectivity index (χ2n) is 5.41. The van der Waals surface area contributed by atoms with Crippen molar-refractivity contribution in [1.82, 2.24) is 20.8 Å². The second-order valence-corrected chi connectivity index (χ2v) is 5.41. The number of carbonyl (C=O) groups excluding carboxylic acids is 1. The standard InChI is InChI=1S/C15H20N4O/c20-15(17-10-11-4-3-7-16-9-11)8-14-12-5-1-2-6-13(12)18-19-14/h1-2,5-6,11,16H,3-4,7-10H2,(H,17,20)(H,18,19). The predicted octanol–water partition coefficient (Wildman–Crippen LogP) is 1.22. The predicted molar refractivity (Wildman–Crippen MR) is 78.4 cm³/mol. The number of carbonyl (C=O) groups is 1. The van der Waals surface area contributed by atoms with Crippen molar-refractivity contribution < 1.29 is 4.79 Å². The molecule has 2 aromatic rings. The van der Waals surface area contributed by atoms with Gasteiger partial charge in [0.15, 0.2) is 0 Å². The maximum Gasteiger partial charge on any atom is 0.226 e. The van der Waals surface area contributed by atoms with E-state index in [9.17, 15) is 4.79 Å². The maximum absolute atomic E-state index is 12.0. The van der Waals surface area contributed by atoms with Crippen LogP contribution in [0.5, 0.6) is 0 Å². The van der Waals surface area contributed by atoms with Crippen LogP contribution in [-0.2, 0) is 11.2 Å². The minimum absolute atomic E-state index is 0.0602. The van der Waals surface area contributed by atoms with Crippen LogP contribution in [-0.4, -0.2) is 35.7 Å². The minimum atomic E-state index is 0.0602. The number of piperidine rings is 1. The Morgan fingerprint density at radius 3 is 3.15 bits per heavy atom. The number of hydrogen-bond donors (Lipinski definition) is 3. The van der Waals surface area contributed by atoms with Crippen LogP contribution in [0.4, 0.5) is 0 Å². The molecule has 3 rings (SSSR count). The van der Waals surface area contributed by atoms with Gasteiger partial charge in [0.2, 0.25) is 5.91 Å². The van der Waals surface area contributed by atoms with Crippen LogP contribution >= 0.6 is 0 Å². The van der Waals surface area contributed by atoms with Crippen LogP contribution in [0.15, 0.2) is 24.3 Å². The molecule has 1 aliphatic rings. The molecular weight excluding hydrogens is 252 g/mol. The van der Waals surface area contributed by atoms with Crippen LogP contribution in [0.2, 0.25) is 0 Å². The Bertz CT molecular complexity index is 586. The number of nitrogens with zero attached hydrogens (tertiary/aromatic N) is 1. The van der Waals surface area contributed by atoms with Gasteiger partial charge in [-0.15, -0.1) is 0 Å². The molecule has 5 nitrogen and oxygen atoms in total. The summed E-state index contributed by atoms with van der Waals surface area (Å²) in [4.78, 5) is 12.0. The molecule has 0 bridgehead atoms. The summed E-state index contributed by atoms with van der Waals surface area (Å²) in [7, 11) is 0. The van der Waals surface area contributed by atoms with E-state index in [0.717, 1.165) is 36.2 Å². The molecule has 1 amide bonds. The smallest absolute Gasteiger partial charge is 0.226 e. The molecular formula is C15H20N4O. The van der Waals surface area contributed by atoms with Gasteiger partial charge in [0.25, 0.3) is 0 Å². The van der Waals surface area contributed by atoms with E-state index in [4.69, 9.17) is 0 Å². The van der Waals surface area contributed by atoms with Gasteiger partial charge in [-0.2, -0.15) is 5.10 Å². The van der Waals surface area contributed by atoms with E-state index in [2.05, 4.69) is 20.8 Å². The zero-order chi connectivity index (χ0) is 13.8. The fourth-order valence-corrected chi connectivity index (χ4v) is 2.73. The first kappa shape index (κ1) is 13.1. The first-order valence-electron chi connectivity index (χ1n) is 7.22. The number of benzene rings is 1. The van der Waals surface area contributed by atoms with Gasteiger partial charge < -0.3 is 10.6 Å². The van der Waals surface area contributed by atoms with Gasteiger partial charge in [-0.25, -0.2) is 0 Å². The molecule has 1 aliphatic heterocycles. The number of aromatic nitrogens is 2. The van der Waals surface area contributed by atoms with Crippen LogP contribution in [0, 0.1) is 5.92 Å². The summed E-state index contributed by atoms with van der Waals surface area (Å²) in [5.41, 5.74) is 1.80. The van der Waals surface area contributed by atoms with Gasteiger partial charge in [-0.05, 0) is 37.9 Å². The number of para-hydroxylation sites is 1. The van der Waals surface area contributed by atoms with Crippen LogP contribution in [0.25, 0.3) is 10.9 Å². The van der Waals surface area contributed by atoms with Crippen molar-refractivity contribution in [3.05, 3.63) is 30.0 Å². The lowest BCUT2D eigenvalue weighted by atomic mass is 10.00. The Labute approximate surface area is 118 Å². The lowest BCUT2D eigenvalue weighted by Gasteiger charge is -2.22. The average molecular weight is 272 g/mol. The molecule has 1 aromatic carbocycles. The van der Waals surface area contributed by atoms with Crippen molar-refractivity contribution in [2.24, 2.45) is 5.92 Å². The summed E-state index contributed by atoms with van der Waals surface area (Å²) < 4.78 is 0. The number of aromatic amines is 1. The van der Waals surface area contributed by atoms with Gasteiger partial charge >= 0.3 is 0 Å². The van der Waals surface area contributed by atoms with Gasteiger partial charge in [0, 0.05) is 11.9 Å². The highest BCUT2D eigenvalue weighted by atomic mass is 16.1. The fourth-order valence-electron chi connectivity index (χ4n) is 2.73. The third-order valence-electron chi connectivity index (χ3n) is 3.86. The van der Waals surface area contributed by atoms with E-state index in [-0.39, 0.29) is 5.91 Å². The Morgan fingerprint density at radius 1 is 1.40 bits per heavy atom. The van der Waals surface area contributed by atoms with Crippen molar-refractivity contribution in [3.63, 3.8) is 0 Å². The van der Waals surface area contributed by atoms with Crippen molar-refractivity contribution >= 4 is 16.8 Å². The third-order valence-corrected chi connectivity index (χ3v) is 3.86. The molecule has 1 saturated heterocycles. The number of hydrogen-bond acceptors (Lipinski definition) is 3. The van der Waals surface area contributed by atoms with Gasteiger partial charge in [0.05, 0.1) is 17.6 Å². The van der Waals surface area contributed by atoms with Crippen LogP contribution in [0.1, 0.15) is 18.5 Å². The van der Waals surface area contributed by atoms with Crippen LogP contribution in [0.3, 0.4) is 0 Å². The molecule has 0 aliphatic carbocycles. The summed E-state index contributed by atoms with van der Waals surface area (Å²) in [6.45, 7) is 2.87. The first-order valence-corrected chi connectivity index (χ1v) is 7.22. The first-order chi connectivity index (χ1) is 9.83. The zero-order valence-electron chi connectivity index (χ0n) is 11.5. The number of amides is 1. The van der Waals surface area contributed by atoms with E-state index in [0.29, 0.717) is 12.3 Å². The quantitative estimate of drug-likeness (QED) is 0.784. The van der Waals surface area contributed by atoms with Crippen LogP contribution < -0.4 is 10.6 Å². The minimum Gasteiger partial charge on any atom is -0.355 e. The molecule has 0 radical (unpaired) electrons. The number of H-pyrrole nitrogens is 1. The fraction of sp³-hybridized carbons (Fsp3) is 0.467. The summed E-state index contributed by atoms with van der Waals surface area (Å²) in [6, 6.07) is 7.85. The van der Waals surface area contributed by atoms with Gasteiger partial charge in [0.1, 0.15) is 0 Å². The van der Waals surface area contributed by atoms with E-state index in [1.54, 1.807) is 0 Å². The zero-order valence-corrected chi connectivity index (χ0v) is 11.5. The summed E-state index contributed by atoms with van der Waals surface area (Å²) >= 11 is 0. The highest BCUT2D eigenvalue weighted by Crippen LogP contribution is 2.15. The largest absolute Gasteiger partial charge is 0.355 e. The molecule has 1 atom stereocenters. The monoisotopic (exact) mass is 272 g/mol. The molecule has 0 saturated carbocycles. The number of fused-ring (bicyclic) bond motifs is 1. The molecule has 106 valence electrons. The van der Waals surface area contributed by atoms with Crippen molar-refractivity contribution in [2.45, 2.75) is 19.3 Å². The molecule has 3 N–H and O–H groups in total. The van der Waals surface area contributed by atoms with E-state index in [1.807, 2.05) is 24.3 Å². The van der Waals surface area contributed by atoms with Crippen molar-refractivity contribution in [1.29, 1.82) is 0 Å². The van der Waals surface area contributed by atoms with Crippen molar-refractivity contribution in [2.75, 3.05) is 19.6 Å². The van der Waals surface area contributed by atoms with Gasteiger partial charge in [-0.3, -0.25) is 9.89 Å². The SMILES string of the molecule is O=C(Cc1[nH]nc2ccccc12)NCC1CCCNC1. The van der Waals surface area contributed by atoms with E-state index < -0.39 is 0 Å². The highest BCUT2D eigenvalue weighted by molar-refractivity contribution is 5.87. The van der Waals surface area contributed by atoms with Gasteiger partial charge in [-0.1, -0.05) is 18.2 Å². The molecule has 1 unspecified atom stereocenters. The normalized spacial score (nSPS) is 19.1. The third kappa shape index (κ3) is 2.99. The Hall–Kier alpha value is -1.88. The number of rotatable bonds is 4. The summed E-state index contributed by atoms with van der Waals surface area (Å²) in [5.74, 6) is 0.621. The number of nitrogens with one attached hydrogen (secondary N) is 3. The Morgan fingerprint density at radius 2 is 2.30 bits per heavy atom. The van der Waals surface area contributed by atoms with Crippen molar-refractivity contribution in [3.8, 4) is 0 Å². The molecule has 0 spiro atoms. The Kier molecular flexibility index (Phi) is 3.97. The molecule has 2 heterocycles. The topological polar surface area (TPSA) is 69.8 Å². The lowest BCUT2D eigenvalue weighted by Crippen LogP contribution is -2.38. The lowest BCUT2D eigenvalue weighted by molar-refractivity contribution is -0.120. The average Bonchev–Trinajstić information content (AvgIpc) is 2.90. The molecule has 1 aromatic heterocycles. The summed E-state index contributed by atoms with van der Waals surface area (Å²) in [5, 5.41) is 14.6. The van der Waals surface area contributed by atoms with E-state index >= 15 is 0 Å². The molecule has 5 heteroatoms. The Balaban J connectivity index is 1.55.